The third kappa shape index (κ3) is 3.67. The normalized spacial score (nSPS) is 11.6. The predicted molar refractivity (Wildman–Crippen MR) is 79.3 cm³/mol. The fourth-order valence-corrected chi connectivity index (χ4v) is 3.21. The van der Waals surface area contributed by atoms with Gasteiger partial charge in [-0.2, -0.15) is 0 Å². The van der Waals surface area contributed by atoms with Crippen molar-refractivity contribution in [1.82, 2.24) is 0 Å². The molecular formula is C13H13BrFNO2S. The molecule has 1 aromatic carbocycles. The lowest BCUT2D eigenvalue weighted by molar-refractivity contribution is 0.0636. The highest BCUT2D eigenvalue weighted by Gasteiger charge is 2.17. The number of benzene rings is 1. The van der Waals surface area contributed by atoms with E-state index in [2.05, 4.69) is 21.2 Å². The first-order chi connectivity index (χ1) is 8.74. The van der Waals surface area contributed by atoms with Crippen LogP contribution in [0.4, 0.5) is 14.2 Å². The minimum atomic E-state index is -0.548. The van der Waals surface area contributed by atoms with Gasteiger partial charge in [0.25, 0.3) is 0 Å². The third-order valence-corrected chi connectivity index (χ3v) is 3.83. The molecule has 0 saturated heterocycles. The lowest BCUT2D eigenvalue weighted by Crippen LogP contribution is -2.26. The number of carbonyl (C=O) groups is 1. The van der Waals surface area contributed by atoms with Gasteiger partial charge in [0.1, 0.15) is 11.4 Å². The van der Waals surface area contributed by atoms with Crippen LogP contribution in [-0.4, -0.2) is 11.7 Å². The highest BCUT2D eigenvalue weighted by atomic mass is 79.9. The molecule has 19 heavy (non-hydrogen) atoms. The Morgan fingerprint density at radius 2 is 2.05 bits per heavy atom. The summed E-state index contributed by atoms with van der Waals surface area (Å²) in [4.78, 5) is 11.6. The summed E-state index contributed by atoms with van der Waals surface area (Å²) in [6.07, 6.45) is -0.518. The summed E-state index contributed by atoms with van der Waals surface area (Å²) in [6.45, 7) is 5.39. The number of amides is 1. The fourth-order valence-electron chi connectivity index (χ4n) is 1.53. The van der Waals surface area contributed by atoms with Crippen molar-refractivity contribution >= 4 is 48.4 Å². The minimum Gasteiger partial charge on any atom is -0.444 e. The molecule has 0 saturated carbocycles. The molecule has 3 nitrogen and oxygen atoms in total. The van der Waals surface area contributed by atoms with E-state index in [1.807, 2.05) is 0 Å². The van der Waals surface area contributed by atoms with Gasteiger partial charge in [-0.1, -0.05) is 15.9 Å². The van der Waals surface area contributed by atoms with E-state index < -0.39 is 11.7 Å². The van der Waals surface area contributed by atoms with E-state index in [1.165, 1.54) is 23.5 Å². The number of carbonyl (C=O) groups excluding carboxylic acids is 1. The van der Waals surface area contributed by atoms with E-state index in [0.29, 0.717) is 9.47 Å². The molecule has 6 heteroatoms. The van der Waals surface area contributed by atoms with Crippen molar-refractivity contribution in [2.75, 3.05) is 5.32 Å². The highest BCUT2D eigenvalue weighted by molar-refractivity contribution is 9.10. The topological polar surface area (TPSA) is 38.3 Å². The van der Waals surface area contributed by atoms with Crippen LogP contribution in [0.5, 0.6) is 0 Å². The average molecular weight is 346 g/mol. The first-order valence-corrected chi connectivity index (χ1v) is 7.24. The highest BCUT2D eigenvalue weighted by Crippen LogP contribution is 2.35. The molecule has 0 aliphatic carbocycles. The summed E-state index contributed by atoms with van der Waals surface area (Å²) in [5.74, 6) is -0.315. The smallest absolute Gasteiger partial charge is 0.412 e. The van der Waals surface area contributed by atoms with Crippen LogP contribution in [0.15, 0.2) is 22.7 Å². The summed E-state index contributed by atoms with van der Waals surface area (Å²) >= 11 is 4.60. The van der Waals surface area contributed by atoms with E-state index >= 15 is 0 Å². The molecule has 2 rings (SSSR count). The Balaban J connectivity index is 2.23. The van der Waals surface area contributed by atoms with Gasteiger partial charge in [0.15, 0.2) is 0 Å². The molecule has 2 aromatic rings. The van der Waals surface area contributed by atoms with Crippen LogP contribution in [-0.2, 0) is 4.74 Å². The molecule has 1 heterocycles. The van der Waals surface area contributed by atoms with Crippen molar-refractivity contribution in [1.29, 1.82) is 0 Å². The number of nitrogens with one attached hydrogen (secondary N) is 1. The van der Waals surface area contributed by atoms with Crippen LogP contribution in [0.2, 0.25) is 0 Å². The number of fused-ring (bicyclic) bond motifs is 1. The van der Waals surface area contributed by atoms with E-state index in [4.69, 9.17) is 4.74 Å². The number of hydrogen-bond donors (Lipinski definition) is 1. The van der Waals surface area contributed by atoms with E-state index in [1.54, 1.807) is 26.8 Å². The molecule has 0 aliphatic heterocycles. The second kappa shape index (κ2) is 5.09. The zero-order chi connectivity index (χ0) is 14.2. The summed E-state index contributed by atoms with van der Waals surface area (Å²) in [5.41, 5.74) is -0.548. The molecular weight excluding hydrogens is 333 g/mol. The van der Waals surface area contributed by atoms with Gasteiger partial charge in [0, 0.05) is 14.6 Å². The van der Waals surface area contributed by atoms with Gasteiger partial charge in [-0.05, 0) is 39.0 Å². The van der Waals surface area contributed by atoms with Crippen LogP contribution >= 0.6 is 27.3 Å². The molecule has 0 bridgehead atoms. The Morgan fingerprint density at radius 1 is 1.37 bits per heavy atom. The maximum Gasteiger partial charge on any atom is 0.412 e. The summed E-state index contributed by atoms with van der Waals surface area (Å²) in [6, 6.07) is 4.62. The number of halogens is 2. The number of rotatable bonds is 1. The van der Waals surface area contributed by atoms with Gasteiger partial charge >= 0.3 is 6.09 Å². The number of hydrogen-bond acceptors (Lipinski definition) is 3. The first-order valence-electron chi connectivity index (χ1n) is 5.63. The van der Waals surface area contributed by atoms with Crippen molar-refractivity contribution < 1.29 is 13.9 Å². The fraction of sp³-hybridized carbons (Fsp3) is 0.308. The second-order valence-corrected chi connectivity index (χ2v) is 6.98. The van der Waals surface area contributed by atoms with Crippen LogP contribution in [0.3, 0.4) is 0 Å². The molecule has 1 aromatic heterocycles. The van der Waals surface area contributed by atoms with Gasteiger partial charge in [-0.25, -0.2) is 9.18 Å². The standard InChI is InChI=1S/C13H13BrFNO2S/c1-13(2,3)18-12(17)16-11-6-8-9(14)4-7(15)5-10(8)19-11/h4-6H,1-3H3,(H,16,17). The van der Waals surface area contributed by atoms with Gasteiger partial charge in [-0.15, -0.1) is 11.3 Å². The molecule has 0 fully saturated rings. The van der Waals surface area contributed by atoms with Gasteiger partial charge in [-0.3, -0.25) is 5.32 Å². The predicted octanol–water partition coefficient (Wildman–Crippen LogP) is 5.15. The molecule has 1 N–H and O–H groups in total. The van der Waals surface area contributed by atoms with Crippen molar-refractivity contribution in [2.24, 2.45) is 0 Å². The Hall–Kier alpha value is -1.14. The van der Waals surface area contributed by atoms with Crippen molar-refractivity contribution in [3.63, 3.8) is 0 Å². The monoisotopic (exact) mass is 345 g/mol. The van der Waals surface area contributed by atoms with Gasteiger partial charge < -0.3 is 4.74 Å². The molecule has 0 aliphatic rings. The van der Waals surface area contributed by atoms with Crippen LogP contribution in [0, 0.1) is 5.82 Å². The molecule has 0 spiro atoms. The third-order valence-electron chi connectivity index (χ3n) is 2.18. The average Bonchev–Trinajstić information content (AvgIpc) is 2.56. The van der Waals surface area contributed by atoms with Crippen LogP contribution < -0.4 is 5.32 Å². The Morgan fingerprint density at radius 3 is 2.68 bits per heavy atom. The zero-order valence-corrected chi connectivity index (χ0v) is 13.1. The van der Waals surface area contributed by atoms with E-state index in [-0.39, 0.29) is 5.82 Å². The number of ether oxygens (including phenoxy) is 1. The Bertz CT molecular complexity index is 633. The SMILES string of the molecule is CC(C)(C)OC(=O)Nc1cc2c(Br)cc(F)cc2s1. The quantitative estimate of drug-likeness (QED) is 0.775. The van der Waals surface area contributed by atoms with Crippen molar-refractivity contribution in [3.05, 3.63) is 28.5 Å². The van der Waals surface area contributed by atoms with Crippen molar-refractivity contribution in [3.8, 4) is 0 Å². The Labute approximate surface area is 122 Å². The second-order valence-electron chi connectivity index (χ2n) is 5.04. The lowest BCUT2D eigenvalue weighted by atomic mass is 10.2. The molecule has 0 atom stereocenters. The summed E-state index contributed by atoms with van der Waals surface area (Å²) in [5, 5.41) is 4.13. The molecule has 102 valence electrons. The van der Waals surface area contributed by atoms with Crippen LogP contribution in [0.25, 0.3) is 10.1 Å². The summed E-state index contributed by atoms with van der Waals surface area (Å²) < 4.78 is 19.8. The number of thiophene rings is 1. The zero-order valence-electron chi connectivity index (χ0n) is 10.7. The van der Waals surface area contributed by atoms with Crippen molar-refractivity contribution in [2.45, 2.75) is 26.4 Å². The molecule has 1 amide bonds. The lowest BCUT2D eigenvalue weighted by Gasteiger charge is -2.19. The maximum absolute atomic E-state index is 13.3. The largest absolute Gasteiger partial charge is 0.444 e. The number of anilines is 1. The maximum atomic E-state index is 13.3. The van der Waals surface area contributed by atoms with Gasteiger partial charge in [0.2, 0.25) is 0 Å². The van der Waals surface area contributed by atoms with Gasteiger partial charge in [0.05, 0.1) is 5.00 Å². The van der Waals surface area contributed by atoms with E-state index in [0.717, 1.165) is 10.1 Å². The van der Waals surface area contributed by atoms with E-state index in [9.17, 15) is 9.18 Å². The molecule has 0 unspecified atom stereocenters. The summed E-state index contributed by atoms with van der Waals surface area (Å²) in [7, 11) is 0. The van der Waals surface area contributed by atoms with Crippen LogP contribution in [0.1, 0.15) is 20.8 Å². The Kier molecular flexibility index (Phi) is 3.82. The molecule has 0 radical (unpaired) electrons. The first kappa shape index (κ1) is 14.3. The minimum absolute atomic E-state index is 0.315.